The first kappa shape index (κ1) is 30.2. The Morgan fingerprint density at radius 3 is 2.14 bits per heavy atom. The first-order valence-corrected chi connectivity index (χ1v) is 15.3. The Balaban J connectivity index is 2.31. The lowest BCUT2D eigenvalue weighted by atomic mass is 9.91. The van der Waals surface area contributed by atoms with E-state index in [-0.39, 0.29) is 37.6 Å². The minimum absolute atomic E-state index is 0.0284. The Morgan fingerprint density at radius 2 is 1.64 bits per heavy atom. The number of hydrogen-bond acceptors (Lipinski definition) is 4. The molecule has 2 atom stereocenters. The van der Waals surface area contributed by atoms with Crippen LogP contribution < -0.4 is 0 Å². The molecule has 10 heteroatoms. The molecule has 1 heterocycles. The van der Waals surface area contributed by atoms with E-state index in [1.165, 1.54) is 0 Å². The number of benzene rings is 1. The molecule has 1 aromatic carbocycles. The lowest BCUT2D eigenvalue weighted by Crippen LogP contribution is -2.54. The van der Waals surface area contributed by atoms with Gasteiger partial charge in [0.15, 0.2) is 8.32 Å². The van der Waals surface area contributed by atoms with Crippen molar-refractivity contribution in [1.29, 1.82) is 0 Å². The molecule has 1 fully saturated rings. The number of hydrogen-bond donors (Lipinski definition) is 0. The zero-order valence-electron chi connectivity index (χ0n) is 22.7. The molecule has 0 spiro atoms. The van der Waals surface area contributed by atoms with E-state index in [2.05, 4.69) is 20.8 Å². The molecule has 2 amide bonds. The minimum Gasteiger partial charge on any atom is -0.444 e. The largest absolute Gasteiger partial charge is 0.471 e. The van der Waals surface area contributed by atoms with E-state index in [9.17, 15) is 22.8 Å². The third-order valence-corrected chi connectivity index (χ3v) is 11.5. The summed E-state index contributed by atoms with van der Waals surface area (Å²) in [6.07, 6.45) is -5.14. The molecule has 0 N–H and O–H groups in total. The summed E-state index contributed by atoms with van der Waals surface area (Å²) in [5.74, 6) is -1.87. The number of carbonyl (C=O) groups is 2. The lowest BCUT2D eigenvalue weighted by molar-refractivity contribution is -0.189. The van der Waals surface area contributed by atoms with Gasteiger partial charge in [-0.25, -0.2) is 4.79 Å². The van der Waals surface area contributed by atoms with Crippen LogP contribution in [0.3, 0.4) is 0 Å². The maximum absolute atomic E-state index is 13.6. The number of amides is 2. The molecule has 1 aliphatic rings. The van der Waals surface area contributed by atoms with Crippen LogP contribution in [0.25, 0.3) is 0 Å². The molecule has 2 rings (SSSR count). The number of carbonyl (C=O) groups excluding carboxylic acids is 2. The third kappa shape index (κ3) is 7.96. The van der Waals surface area contributed by atoms with Crippen LogP contribution in [0.1, 0.15) is 66.0 Å². The third-order valence-electron chi connectivity index (χ3n) is 6.93. The van der Waals surface area contributed by atoms with E-state index >= 15 is 0 Å². The van der Waals surface area contributed by atoms with E-state index in [0.29, 0.717) is 0 Å². The zero-order chi connectivity index (χ0) is 27.5. The molecular weight excluding hydrogens is 489 g/mol. The SMILES string of the molecule is CC(C)(C)OC(=O)N1CC[C@@H](N(CCO[Si](C)(C)C(C)(C)C)C(=O)C(F)(F)F)C[C@H]1c1ccccc1. The second kappa shape index (κ2) is 11.1. The van der Waals surface area contributed by atoms with Crippen molar-refractivity contribution in [3.8, 4) is 0 Å². The molecule has 0 bridgehead atoms. The molecule has 1 aromatic rings. The maximum atomic E-state index is 13.6. The number of ether oxygens (including phenoxy) is 1. The van der Waals surface area contributed by atoms with Crippen molar-refractivity contribution in [2.24, 2.45) is 0 Å². The van der Waals surface area contributed by atoms with Gasteiger partial charge < -0.3 is 19.0 Å². The van der Waals surface area contributed by atoms with Gasteiger partial charge in [0.1, 0.15) is 5.60 Å². The molecule has 0 aliphatic carbocycles. The summed E-state index contributed by atoms with van der Waals surface area (Å²) >= 11 is 0. The van der Waals surface area contributed by atoms with Gasteiger partial charge in [-0.3, -0.25) is 4.79 Å². The quantitative estimate of drug-likeness (QED) is 0.392. The van der Waals surface area contributed by atoms with E-state index in [1.807, 2.05) is 43.4 Å². The van der Waals surface area contributed by atoms with Gasteiger partial charge in [0.05, 0.1) is 12.6 Å². The highest BCUT2D eigenvalue weighted by Crippen LogP contribution is 2.38. The molecule has 1 saturated heterocycles. The fourth-order valence-corrected chi connectivity index (χ4v) is 5.02. The van der Waals surface area contributed by atoms with Crippen LogP contribution >= 0.6 is 0 Å². The summed E-state index contributed by atoms with van der Waals surface area (Å²) in [4.78, 5) is 27.9. The topological polar surface area (TPSA) is 59.1 Å². The van der Waals surface area contributed by atoms with Crippen LogP contribution in [0.4, 0.5) is 18.0 Å². The smallest absolute Gasteiger partial charge is 0.444 e. The molecule has 0 radical (unpaired) electrons. The van der Waals surface area contributed by atoms with Crippen LogP contribution in [-0.4, -0.2) is 67.6 Å². The predicted molar refractivity (Wildman–Crippen MR) is 136 cm³/mol. The number of nitrogens with zero attached hydrogens (tertiary/aromatic N) is 2. The average molecular weight is 531 g/mol. The van der Waals surface area contributed by atoms with Crippen LogP contribution in [0.5, 0.6) is 0 Å². The maximum Gasteiger partial charge on any atom is 0.471 e. The Hall–Kier alpha value is -2.07. The summed E-state index contributed by atoms with van der Waals surface area (Å²) in [6.45, 7) is 15.5. The number of piperidine rings is 1. The van der Waals surface area contributed by atoms with Gasteiger partial charge in [0.2, 0.25) is 0 Å². The molecule has 0 unspecified atom stereocenters. The van der Waals surface area contributed by atoms with E-state index in [4.69, 9.17) is 9.16 Å². The number of halogens is 3. The van der Waals surface area contributed by atoms with Gasteiger partial charge in [-0.1, -0.05) is 51.1 Å². The van der Waals surface area contributed by atoms with Gasteiger partial charge in [-0.2, -0.15) is 13.2 Å². The van der Waals surface area contributed by atoms with Crippen molar-refractivity contribution in [1.82, 2.24) is 9.80 Å². The molecule has 204 valence electrons. The summed E-state index contributed by atoms with van der Waals surface area (Å²) in [5.41, 5.74) is 0.0686. The monoisotopic (exact) mass is 530 g/mol. The fraction of sp³-hybridized carbons (Fsp3) is 0.692. The van der Waals surface area contributed by atoms with Gasteiger partial charge in [0, 0.05) is 19.1 Å². The van der Waals surface area contributed by atoms with Crippen molar-refractivity contribution < 1.29 is 31.9 Å². The highest BCUT2D eigenvalue weighted by atomic mass is 28.4. The summed E-state index contributed by atoms with van der Waals surface area (Å²) in [6, 6.07) is 7.91. The van der Waals surface area contributed by atoms with E-state index in [1.54, 1.807) is 25.7 Å². The van der Waals surface area contributed by atoms with Crippen LogP contribution in [0.15, 0.2) is 30.3 Å². The van der Waals surface area contributed by atoms with Crippen molar-refractivity contribution in [2.75, 3.05) is 19.7 Å². The van der Waals surface area contributed by atoms with Crippen LogP contribution in [-0.2, 0) is 14.0 Å². The normalized spacial score (nSPS) is 19.7. The van der Waals surface area contributed by atoms with Crippen molar-refractivity contribution in [2.45, 2.75) is 96.4 Å². The first-order valence-electron chi connectivity index (χ1n) is 12.4. The highest BCUT2D eigenvalue weighted by molar-refractivity contribution is 6.74. The van der Waals surface area contributed by atoms with Crippen LogP contribution in [0.2, 0.25) is 18.1 Å². The Morgan fingerprint density at radius 1 is 1.06 bits per heavy atom. The van der Waals surface area contributed by atoms with Gasteiger partial charge in [-0.05, 0) is 57.3 Å². The Labute approximate surface area is 214 Å². The molecule has 36 heavy (non-hydrogen) atoms. The molecular formula is C26H41F3N2O4Si. The Bertz CT molecular complexity index is 895. The second-order valence-electron chi connectivity index (χ2n) is 11.9. The van der Waals surface area contributed by atoms with Gasteiger partial charge in [0.25, 0.3) is 0 Å². The second-order valence-corrected chi connectivity index (χ2v) is 16.7. The predicted octanol–water partition coefficient (Wildman–Crippen LogP) is 6.54. The summed E-state index contributed by atoms with van der Waals surface area (Å²) in [7, 11) is -2.21. The van der Waals surface area contributed by atoms with E-state index in [0.717, 1.165) is 10.5 Å². The van der Waals surface area contributed by atoms with Crippen molar-refractivity contribution in [3.63, 3.8) is 0 Å². The Kier molecular flexibility index (Phi) is 9.32. The average Bonchev–Trinajstić information content (AvgIpc) is 2.74. The van der Waals surface area contributed by atoms with Crippen molar-refractivity contribution >= 4 is 20.3 Å². The molecule has 0 aromatic heterocycles. The summed E-state index contributed by atoms with van der Waals surface area (Å²) < 4.78 is 52.5. The van der Waals surface area contributed by atoms with Gasteiger partial charge >= 0.3 is 18.2 Å². The van der Waals surface area contributed by atoms with E-state index < -0.39 is 44.2 Å². The number of likely N-dealkylation sites (tertiary alicyclic amines) is 1. The fourth-order valence-electron chi connectivity index (χ4n) is 3.99. The zero-order valence-corrected chi connectivity index (χ0v) is 23.7. The van der Waals surface area contributed by atoms with Crippen LogP contribution in [0, 0.1) is 0 Å². The molecule has 6 nitrogen and oxygen atoms in total. The first-order chi connectivity index (χ1) is 16.3. The standard InChI is InChI=1S/C26H41F3N2O4Si/c1-24(2,3)35-23(33)31-15-14-20(18-21(31)19-12-10-9-11-13-19)30(22(32)26(27,28)29)16-17-34-36(7,8)25(4,5)6/h9-13,20-21H,14-18H2,1-8H3/t20-,21+/m1/s1. The lowest BCUT2D eigenvalue weighted by Gasteiger charge is -2.44. The highest BCUT2D eigenvalue weighted by Gasteiger charge is 2.47. The minimum atomic E-state index is -5.00. The van der Waals surface area contributed by atoms with Crippen molar-refractivity contribution in [3.05, 3.63) is 35.9 Å². The summed E-state index contributed by atoms with van der Waals surface area (Å²) in [5, 5.41) is -0.108. The molecule has 0 saturated carbocycles. The number of alkyl halides is 3. The number of rotatable bonds is 6. The molecule has 1 aliphatic heterocycles. The van der Waals surface area contributed by atoms with Gasteiger partial charge in [-0.15, -0.1) is 0 Å².